The first-order valence-electron chi connectivity index (χ1n) is 6.71. The van der Waals surface area contributed by atoms with Crippen LogP contribution in [0.4, 0.5) is 0 Å². The van der Waals surface area contributed by atoms with Gasteiger partial charge >= 0.3 is 0 Å². The maximum Gasteiger partial charge on any atom is 0.127 e. The molecule has 0 saturated carbocycles. The monoisotopic (exact) mass is 298 g/mol. The summed E-state index contributed by atoms with van der Waals surface area (Å²) in [6.07, 6.45) is 3.74. The number of rotatable bonds is 4. The second-order valence-electron chi connectivity index (χ2n) is 4.86. The van der Waals surface area contributed by atoms with Crippen molar-refractivity contribution in [3.05, 3.63) is 23.8 Å². The molecule has 6 heteroatoms. The van der Waals surface area contributed by atoms with Gasteiger partial charge in [0.1, 0.15) is 21.4 Å². The average Bonchev–Trinajstić information content (AvgIpc) is 2.61. The van der Waals surface area contributed by atoms with E-state index in [1.807, 2.05) is 22.5 Å². The van der Waals surface area contributed by atoms with Crippen molar-refractivity contribution < 1.29 is 13.7 Å². The highest BCUT2D eigenvalue weighted by Gasteiger charge is 2.19. The van der Waals surface area contributed by atoms with Crippen molar-refractivity contribution in [3.63, 3.8) is 0 Å². The highest BCUT2D eigenvalue weighted by Crippen LogP contribution is 2.27. The van der Waals surface area contributed by atoms with Crippen molar-refractivity contribution in [1.29, 1.82) is 0 Å². The molecule has 1 aromatic rings. The third-order valence-corrected chi connectivity index (χ3v) is 5.40. The van der Waals surface area contributed by atoms with Gasteiger partial charge in [0, 0.05) is 37.5 Å². The topological polar surface area (TPSA) is 51.1 Å². The second-order valence-corrected chi connectivity index (χ2v) is 7.16. The van der Waals surface area contributed by atoms with Crippen LogP contribution in [0.1, 0.15) is 18.4 Å². The fourth-order valence-corrected chi connectivity index (χ4v) is 3.73. The van der Waals surface area contributed by atoms with Crippen LogP contribution in [0, 0.1) is 0 Å². The summed E-state index contributed by atoms with van der Waals surface area (Å²) in [6, 6.07) is 5.70. The first kappa shape index (κ1) is 15.1. The smallest absolute Gasteiger partial charge is 0.127 e. The molecule has 1 heterocycles. The molecule has 5 nitrogen and oxygen atoms in total. The fraction of sp³-hybridized carbons (Fsp3) is 0.571. The summed E-state index contributed by atoms with van der Waals surface area (Å²) in [6.45, 7) is 2.06. The lowest BCUT2D eigenvalue weighted by Crippen LogP contribution is -2.29. The largest absolute Gasteiger partial charge is 0.497 e. The van der Waals surface area contributed by atoms with Crippen molar-refractivity contribution in [2.75, 3.05) is 33.6 Å². The number of ether oxygens (including phenoxy) is 2. The van der Waals surface area contributed by atoms with E-state index in [9.17, 15) is 4.21 Å². The van der Waals surface area contributed by atoms with Gasteiger partial charge in [0.2, 0.25) is 0 Å². The number of hydrogen-bond donors (Lipinski definition) is 0. The molecular formula is C14H22N2O3S. The molecule has 2 rings (SSSR count). The third kappa shape index (κ3) is 3.43. The third-order valence-electron chi connectivity index (χ3n) is 3.47. The normalized spacial score (nSPS) is 23.8. The highest BCUT2D eigenvalue weighted by molar-refractivity contribution is 7.90. The molecule has 0 N–H and O–H groups in total. The second kappa shape index (κ2) is 6.45. The molecule has 0 saturated heterocycles. The Morgan fingerprint density at radius 2 is 2.10 bits per heavy atom. The van der Waals surface area contributed by atoms with E-state index in [-0.39, 0.29) is 0 Å². The van der Waals surface area contributed by atoms with Crippen LogP contribution in [-0.2, 0) is 16.5 Å². The van der Waals surface area contributed by atoms with Crippen LogP contribution in [0.25, 0.3) is 0 Å². The van der Waals surface area contributed by atoms with E-state index in [4.69, 9.17) is 9.47 Å². The predicted molar refractivity (Wildman–Crippen MR) is 80.6 cm³/mol. The Bertz CT molecular complexity index is 580. The molecule has 1 atom stereocenters. The Hall–Kier alpha value is -1.27. The zero-order valence-corrected chi connectivity index (χ0v) is 13.1. The molecule has 20 heavy (non-hydrogen) atoms. The molecule has 0 spiro atoms. The van der Waals surface area contributed by atoms with Crippen LogP contribution >= 0.6 is 0 Å². The molecule has 0 aromatic heterocycles. The molecule has 0 bridgehead atoms. The molecule has 0 amide bonds. The predicted octanol–water partition coefficient (Wildman–Crippen LogP) is 2.31. The summed E-state index contributed by atoms with van der Waals surface area (Å²) in [4.78, 5) is 0. The summed E-state index contributed by atoms with van der Waals surface area (Å²) in [5.41, 5.74) is 1.000. The van der Waals surface area contributed by atoms with Crippen LogP contribution < -0.4 is 9.47 Å². The minimum Gasteiger partial charge on any atom is -0.497 e. The lowest BCUT2D eigenvalue weighted by Gasteiger charge is -2.23. The summed E-state index contributed by atoms with van der Waals surface area (Å²) in [7, 11) is 0.982. The Balaban J connectivity index is 2.27. The first-order valence-corrected chi connectivity index (χ1v) is 8.59. The van der Waals surface area contributed by atoms with Crippen molar-refractivity contribution in [2.45, 2.75) is 19.4 Å². The maximum absolute atomic E-state index is 12.6. The van der Waals surface area contributed by atoms with E-state index in [1.54, 1.807) is 20.5 Å². The Kier molecular flexibility index (Phi) is 4.88. The van der Waals surface area contributed by atoms with E-state index < -0.39 is 9.92 Å². The number of methoxy groups -OCH3 is 2. The van der Waals surface area contributed by atoms with E-state index in [0.29, 0.717) is 13.1 Å². The maximum atomic E-state index is 12.6. The van der Waals surface area contributed by atoms with Gasteiger partial charge < -0.3 is 9.47 Å². The lowest BCUT2D eigenvalue weighted by molar-refractivity contribution is 0.378. The Labute approximate surface area is 121 Å². The van der Waals surface area contributed by atoms with Gasteiger partial charge in [0.05, 0.1) is 14.2 Å². The molecule has 0 radical (unpaired) electrons. The van der Waals surface area contributed by atoms with Gasteiger partial charge in [-0.25, -0.2) is 12.9 Å². The molecule has 1 unspecified atom stereocenters. The quantitative estimate of drug-likeness (QED) is 0.857. The van der Waals surface area contributed by atoms with Crippen LogP contribution in [0.15, 0.2) is 22.6 Å². The van der Waals surface area contributed by atoms with Crippen LogP contribution in [0.5, 0.6) is 11.5 Å². The Morgan fingerprint density at radius 1 is 1.30 bits per heavy atom. The zero-order valence-electron chi connectivity index (χ0n) is 12.3. The summed E-state index contributed by atoms with van der Waals surface area (Å²) in [5, 5.41) is 0. The van der Waals surface area contributed by atoms with Crippen LogP contribution in [0.2, 0.25) is 0 Å². The molecule has 112 valence electrons. The zero-order chi connectivity index (χ0) is 14.6. The molecular weight excluding hydrogens is 276 g/mol. The lowest BCUT2D eigenvalue weighted by atomic mass is 10.2. The SMILES string of the molecule is COc1ccc(CN2CCCCN=S2(C)=O)c(OC)c1. The number of hydrogen-bond acceptors (Lipinski definition) is 4. The van der Waals surface area contributed by atoms with Gasteiger partial charge in [-0.3, -0.25) is 0 Å². The molecule has 1 aliphatic rings. The van der Waals surface area contributed by atoms with Crippen molar-refractivity contribution in [3.8, 4) is 11.5 Å². The molecule has 1 aromatic carbocycles. The van der Waals surface area contributed by atoms with E-state index in [0.717, 1.165) is 36.4 Å². The van der Waals surface area contributed by atoms with E-state index in [1.165, 1.54) is 0 Å². The van der Waals surface area contributed by atoms with Crippen LogP contribution in [0.3, 0.4) is 0 Å². The van der Waals surface area contributed by atoms with Crippen LogP contribution in [-0.4, -0.2) is 42.1 Å². The van der Waals surface area contributed by atoms with Gasteiger partial charge in [-0.05, 0) is 18.9 Å². The number of nitrogens with zero attached hydrogens (tertiary/aromatic N) is 2. The van der Waals surface area contributed by atoms with Crippen molar-refractivity contribution in [1.82, 2.24) is 4.31 Å². The molecule has 0 aliphatic carbocycles. The van der Waals surface area contributed by atoms with Gasteiger partial charge in [0.25, 0.3) is 0 Å². The minimum absolute atomic E-state index is 0.575. The van der Waals surface area contributed by atoms with Gasteiger partial charge in [-0.2, -0.15) is 0 Å². The Morgan fingerprint density at radius 3 is 2.80 bits per heavy atom. The van der Waals surface area contributed by atoms with Gasteiger partial charge in [-0.15, -0.1) is 0 Å². The standard InChI is InChI=1S/C14H22N2O3S/c1-18-13-7-6-12(14(10-13)19-2)11-16-9-5-4-8-15-20(16,3)17/h6-7,10H,4-5,8-9,11H2,1-3H3. The molecule has 0 fully saturated rings. The van der Waals surface area contributed by atoms with Crippen molar-refractivity contribution >= 4 is 9.92 Å². The minimum atomic E-state index is -2.28. The van der Waals surface area contributed by atoms with Crippen molar-refractivity contribution in [2.24, 2.45) is 4.36 Å². The average molecular weight is 298 g/mol. The number of benzene rings is 1. The summed E-state index contributed by atoms with van der Waals surface area (Å²) < 4.78 is 29.4. The van der Waals surface area contributed by atoms with E-state index in [2.05, 4.69) is 4.36 Å². The fourth-order valence-electron chi connectivity index (χ4n) is 2.26. The molecule has 1 aliphatic heterocycles. The van der Waals surface area contributed by atoms with Gasteiger partial charge in [0.15, 0.2) is 0 Å². The van der Waals surface area contributed by atoms with E-state index >= 15 is 0 Å². The summed E-state index contributed by atoms with van der Waals surface area (Å²) >= 11 is 0. The van der Waals surface area contributed by atoms with Gasteiger partial charge in [-0.1, -0.05) is 6.07 Å². The first-order chi connectivity index (χ1) is 9.56. The summed E-state index contributed by atoms with van der Waals surface area (Å²) in [5.74, 6) is 1.51. The highest BCUT2D eigenvalue weighted by atomic mass is 32.2.